The Morgan fingerprint density at radius 1 is 1.08 bits per heavy atom. The zero-order chi connectivity index (χ0) is 17.1. The molecule has 1 aliphatic heterocycles. The first-order valence-corrected chi connectivity index (χ1v) is 8.46. The van der Waals surface area contributed by atoms with E-state index in [0.29, 0.717) is 12.1 Å². The van der Waals surface area contributed by atoms with Gasteiger partial charge in [0.15, 0.2) is 0 Å². The third-order valence-electron chi connectivity index (χ3n) is 4.70. The molecule has 126 valence electrons. The Morgan fingerprint density at radius 2 is 1.80 bits per heavy atom. The summed E-state index contributed by atoms with van der Waals surface area (Å²) in [6.45, 7) is 1.48. The van der Waals surface area contributed by atoms with Gasteiger partial charge in [-0.25, -0.2) is 0 Å². The molecule has 6 nitrogen and oxygen atoms in total. The van der Waals surface area contributed by atoms with Crippen LogP contribution in [0.5, 0.6) is 0 Å². The van der Waals surface area contributed by atoms with Crippen LogP contribution in [0, 0.1) is 0 Å². The third-order valence-corrected chi connectivity index (χ3v) is 4.70. The van der Waals surface area contributed by atoms with Crippen LogP contribution in [0.3, 0.4) is 0 Å². The summed E-state index contributed by atoms with van der Waals surface area (Å²) in [7, 11) is 0. The van der Waals surface area contributed by atoms with Crippen molar-refractivity contribution in [2.45, 2.75) is 18.8 Å². The van der Waals surface area contributed by atoms with Crippen LogP contribution < -0.4 is 0 Å². The van der Waals surface area contributed by atoms with Crippen molar-refractivity contribution >= 4 is 5.91 Å². The van der Waals surface area contributed by atoms with Crippen molar-refractivity contribution in [3.8, 4) is 11.1 Å². The normalized spacial score (nSPS) is 17.4. The monoisotopic (exact) mass is 333 g/mol. The molecule has 1 atom stereocenters. The zero-order valence-electron chi connectivity index (χ0n) is 13.8. The molecule has 25 heavy (non-hydrogen) atoms. The fourth-order valence-electron chi connectivity index (χ4n) is 3.44. The van der Waals surface area contributed by atoms with Crippen LogP contribution in [0.1, 0.15) is 34.8 Å². The SMILES string of the molecule is O=C(c1ccncc1)N1CCC[C@@H](c2[nH]ncc2-c2ccncc2)C1. The van der Waals surface area contributed by atoms with Gasteiger partial charge in [0.05, 0.1) is 6.20 Å². The number of nitrogens with zero attached hydrogens (tertiary/aromatic N) is 4. The number of rotatable bonds is 3. The second-order valence-corrected chi connectivity index (χ2v) is 6.26. The summed E-state index contributed by atoms with van der Waals surface area (Å²) in [6, 6.07) is 7.50. The predicted octanol–water partition coefficient (Wildman–Crippen LogP) is 2.89. The zero-order valence-corrected chi connectivity index (χ0v) is 13.8. The number of carbonyl (C=O) groups is 1. The summed E-state index contributed by atoms with van der Waals surface area (Å²) in [5.74, 6) is 0.322. The van der Waals surface area contributed by atoms with Crippen molar-refractivity contribution in [3.63, 3.8) is 0 Å². The number of aromatic nitrogens is 4. The highest BCUT2D eigenvalue weighted by Gasteiger charge is 2.28. The van der Waals surface area contributed by atoms with Crippen molar-refractivity contribution in [1.29, 1.82) is 0 Å². The Bertz CT molecular complexity index is 847. The maximum atomic E-state index is 12.7. The molecule has 1 N–H and O–H groups in total. The molecule has 0 aliphatic carbocycles. The van der Waals surface area contributed by atoms with Crippen molar-refractivity contribution < 1.29 is 4.79 Å². The number of carbonyl (C=O) groups excluding carboxylic acids is 1. The number of amides is 1. The maximum absolute atomic E-state index is 12.7. The van der Waals surface area contributed by atoms with E-state index in [-0.39, 0.29) is 11.8 Å². The second kappa shape index (κ2) is 6.84. The van der Waals surface area contributed by atoms with Gasteiger partial charge in [-0.2, -0.15) is 5.10 Å². The molecule has 4 rings (SSSR count). The molecule has 1 fully saturated rings. The van der Waals surface area contributed by atoms with E-state index in [0.717, 1.165) is 36.2 Å². The molecule has 0 spiro atoms. The van der Waals surface area contributed by atoms with Crippen LogP contribution in [-0.2, 0) is 0 Å². The number of aromatic amines is 1. The van der Waals surface area contributed by atoms with Gasteiger partial charge in [0.25, 0.3) is 5.91 Å². The van der Waals surface area contributed by atoms with E-state index in [4.69, 9.17) is 0 Å². The van der Waals surface area contributed by atoms with Crippen molar-refractivity contribution in [1.82, 2.24) is 25.1 Å². The van der Waals surface area contributed by atoms with Gasteiger partial charge in [-0.1, -0.05) is 0 Å². The minimum absolute atomic E-state index is 0.0667. The lowest BCUT2D eigenvalue weighted by Gasteiger charge is -2.32. The van der Waals surface area contributed by atoms with E-state index in [1.807, 2.05) is 23.2 Å². The molecule has 0 bridgehead atoms. The van der Waals surface area contributed by atoms with E-state index in [2.05, 4.69) is 20.2 Å². The quantitative estimate of drug-likeness (QED) is 0.800. The number of nitrogens with one attached hydrogen (secondary N) is 1. The minimum atomic E-state index is 0.0667. The second-order valence-electron chi connectivity index (χ2n) is 6.26. The summed E-state index contributed by atoms with van der Waals surface area (Å²) in [5, 5.41) is 7.40. The summed E-state index contributed by atoms with van der Waals surface area (Å²) in [4.78, 5) is 22.7. The standard InChI is InChI=1S/C19H19N5O/c25-19(15-5-9-21-10-6-15)24-11-1-2-16(13-24)18-17(12-22-23-18)14-3-7-20-8-4-14/h3-10,12,16H,1-2,11,13H2,(H,22,23)/t16-/m1/s1. The molecule has 1 saturated heterocycles. The number of pyridine rings is 2. The topological polar surface area (TPSA) is 74.8 Å². The molecule has 1 aliphatic rings. The van der Waals surface area contributed by atoms with Crippen molar-refractivity contribution in [3.05, 3.63) is 66.5 Å². The molecule has 0 radical (unpaired) electrons. The van der Waals surface area contributed by atoms with E-state index in [1.54, 1.807) is 36.9 Å². The van der Waals surface area contributed by atoms with E-state index >= 15 is 0 Å². The summed E-state index contributed by atoms with van der Waals surface area (Å²) >= 11 is 0. The smallest absolute Gasteiger partial charge is 0.253 e. The van der Waals surface area contributed by atoms with Gasteiger partial charge < -0.3 is 4.90 Å². The van der Waals surface area contributed by atoms with Crippen LogP contribution in [0.15, 0.2) is 55.2 Å². The number of hydrogen-bond donors (Lipinski definition) is 1. The molecule has 6 heteroatoms. The van der Waals surface area contributed by atoms with Crippen LogP contribution >= 0.6 is 0 Å². The Hall–Kier alpha value is -3.02. The lowest BCUT2D eigenvalue weighted by Crippen LogP contribution is -2.39. The molecular formula is C19H19N5O. The highest BCUT2D eigenvalue weighted by atomic mass is 16.2. The Labute approximate surface area is 145 Å². The fraction of sp³-hybridized carbons (Fsp3) is 0.263. The van der Waals surface area contributed by atoms with E-state index < -0.39 is 0 Å². The van der Waals surface area contributed by atoms with Gasteiger partial charge in [-0.3, -0.25) is 19.9 Å². The maximum Gasteiger partial charge on any atom is 0.253 e. The van der Waals surface area contributed by atoms with Crippen LogP contribution in [0.25, 0.3) is 11.1 Å². The minimum Gasteiger partial charge on any atom is -0.338 e. The molecule has 3 aromatic rings. The lowest BCUT2D eigenvalue weighted by atomic mass is 9.90. The van der Waals surface area contributed by atoms with Crippen LogP contribution in [0.2, 0.25) is 0 Å². The first kappa shape index (κ1) is 15.5. The van der Waals surface area contributed by atoms with Crippen LogP contribution in [-0.4, -0.2) is 44.1 Å². The molecule has 3 aromatic heterocycles. The molecular weight excluding hydrogens is 314 g/mol. The largest absolute Gasteiger partial charge is 0.338 e. The van der Waals surface area contributed by atoms with Gasteiger partial charge in [-0.15, -0.1) is 0 Å². The average Bonchev–Trinajstić information content (AvgIpc) is 3.19. The third kappa shape index (κ3) is 3.15. The molecule has 1 amide bonds. The molecule has 4 heterocycles. The van der Waals surface area contributed by atoms with Gasteiger partial charge in [0, 0.05) is 60.6 Å². The van der Waals surface area contributed by atoms with Gasteiger partial charge >= 0.3 is 0 Å². The number of hydrogen-bond acceptors (Lipinski definition) is 4. The first-order chi connectivity index (χ1) is 12.3. The average molecular weight is 333 g/mol. The van der Waals surface area contributed by atoms with Crippen LogP contribution in [0.4, 0.5) is 0 Å². The highest BCUT2D eigenvalue weighted by Crippen LogP contribution is 2.33. The first-order valence-electron chi connectivity index (χ1n) is 8.46. The molecule has 0 saturated carbocycles. The molecule has 0 aromatic carbocycles. The van der Waals surface area contributed by atoms with E-state index in [9.17, 15) is 4.79 Å². The van der Waals surface area contributed by atoms with Gasteiger partial charge in [-0.05, 0) is 42.7 Å². The Balaban J connectivity index is 1.57. The number of piperidine rings is 1. The lowest BCUT2D eigenvalue weighted by molar-refractivity contribution is 0.0706. The highest BCUT2D eigenvalue weighted by molar-refractivity contribution is 5.94. The van der Waals surface area contributed by atoms with Gasteiger partial charge in [0.2, 0.25) is 0 Å². The summed E-state index contributed by atoms with van der Waals surface area (Å²) < 4.78 is 0. The number of H-pyrrole nitrogens is 1. The van der Waals surface area contributed by atoms with Gasteiger partial charge in [0.1, 0.15) is 0 Å². The summed E-state index contributed by atoms with van der Waals surface area (Å²) in [5.41, 5.74) is 3.97. The Morgan fingerprint density at radius 3 is 2.56 bits per heavy atom. The molecule has 0 unspecified atom stereocenters. The van der Waals surface area contributed by atoms with Crippen molar-refractivity contribution in [2.24, 2.45) is 0 Å². The van der Waals surface area contributed by atoms with Crippen molar-refractivity contribution in [2.75, 3.05) is 13.1 Å². The number of likely N-dealkylation sites (tertiary alicyclic amines) is 1. The predicted molar refractivity (Wildman–Crippen MR) is 93.9 cm³/mol. The van der Waals surface area contributed by atoms with E-state index in [1.165, 1.54) is 0 Å². The Kier molecular flexibility index (Phi) is 4.24. The fourth-order valence-corrected chi connectivity index (χ4v) is 3.44. The summed E-state index contributed by atoms with van der Waals surface area (Å²) in [6.07, 6.45) is 10.8.